The summed E-state index contributed by atoms with van der Waals surface area (Å²) >= 11 is 6.62. The molecule has 0 bridgehead atoms. The van der Waals surface area contributed by atoms with Crippen molar-refractivity contribution in [1.29, 1.82) is 0 Å². The van der Waals surface area contributed by atoms with Crippen LogP contribution in [-0.2, 0) is 4.79 Å². The molecule has 2 aromatic rings. The van der Waals surface area contributed by atoms with Crippen molar-refractivity contribution in [3.8, 4) is 11.1 Å². The van der Waals surface area contributed by atoms with Gasteiger partial charge in [-0.3, -0.25) is 14.8 Å². The lowest BCUT2D eigenvalue weighted by Gasteiger charge is -2.39. The van der Waals surface area contributed by atoms with E-state index in [9.17, 15) is 4.79 Å². The Kier molecular flexibility index (Phi) is 6.77. The number of halogens is 1. The normalized spacial score (nSPS) is 18.5. The van der Waals surface area contributed by atoms with Crippen LogP contribution in [0.3, 0.4) is 0 Å². The van der Waals surface area contributed by atoms with Crippen molar-refractivity contribution < 1.29 is 9.90 Å². The van der Waals surface area contributed by atoms with Crippen molar-refractivity contribution >= 4 is 35.0 Å². The molecule has 2 fully saturated rings. The van der Waals surface area contributed by atoms with Crippen molar-refractivity contribution in [3.63, 3.8) is 0 Å². The number of carbonyl (C=O) groups is 1. The number of nitrogens with two attached hydrogens (primary N) is 1. The molecule has 0 unspecified atom stereocenters. The number of anilines is 1. The van der Waals surface area contributed by atoms with Gasteiger partial charge >= 0.3 is 0 Å². The minimum absolute atomic E-state index is 0.000124. The first-order chi connectivity index (χ1) is 15.6. The summed E-state index contributed by atoms with van der Waals surface area (Å²) < 4.78 is 0. The van der Waals surface area contributed by atoms with Gasteiger partial charge in [-0.15, -0.1) is 0 Å². The number of aromatic nitrogens is 1. The predicted octanol–water partition coefficient (Wildman–Crippen LogP) is 2.87. The maximum atomic E-state index is 12.3. The summed E-state index contributed by atoms with van der Waals surface area (Å²) in [6.45, 7) is 2.68. The maximum absolute atomic E-state index is 12.3. The highest BCUT2D eigenvalue weighted by atomic mass is 35.5. The standard InChI is InChI=1S/C24H28ClN5O2/c25-21-16-28-15-20(18-3-1-17(2-4-18)19(13-26)14-27-9-12-31)22(21)30-10-6-24(7-11-30)5-8-29-23(24)32/h1-4,13-16,31H,5-12,26H2,(H,29,32). The molecule has 0 aliphatic carbocycles. The van der Waals surface area contributed by atoms with E-state index in [-0.39, 0.29) is 17.9 Å². The van der Waals surface area contributed by atoms with E-state index in [1.807, 2.05) is 30.5 Å². The third-order valence-corrected chi connectivity index (χ3v) is 6.73. The van der Waals surface area contributed by atoms with Gasteiger partial charge in [0.25, 0.3) is 0 Å². The number of rotatable bonds is 6. The number of nitrogens with one attached hydrogen (secondary N) is 1. The Balaban J connectivity index is 1.58. The Bertz CT molecular complexity index is 1030. The number of aliphatic imine (C=N–C) groups is 1. The summed E-state index contributed by atoms with van der Waals surface area (Å²) in [5, 5.41) is 12.5. The van der Waals surface area contributed by atoms with E-state index in [1.54, 1.807) is 12.4 Å². The van der Waals surface area contributed by atoms with Crippen molar-refractivity contribution in [3.05, 3.63) is 53.4 Å². The molecule has 4 rings (SSSR count). The first-order valence-electron chi connectivity index (χ1n) is 10.9. The Morgan fingerprint density at radius 1 is 1.25 bits per heavy atom. The van der Waals surface area contributed by atoms with Crippen LogP contribution in [0.5, 0.6) is 0 Å². The second-order valence-corrected chi connectivity index (χ2v) is 8.66. The third-order valence-electron chi connectivity index (χ3n) is 6.45. The van der Waals surface area contributed by atoms with Crippen LogP contribution in [0.2, 0.25) is 5.02 Å². The highest BCUT2D eigenvalue weighted by Gasteiger charge is 2.44. The molecule has 2 aliphatic heterocycles. The topological polar surface area (TPSA) is 104 Å². The molecule has 32 heavy (non-hydrogen) atoms. The van der Waals surface area contributed by atoms with Gasteiger partial charge in [-0.05, 0) is 30.4 Å². The second kappa shape index (κ2) is 9.71. The molecule has 3 heterocycles. The van der Waals surface area contributed by atoms with Crippen molar-refractivity contribution in [2.75, 3.05) is 37.7 Å². The summed E-state index contributed by atoms with van der Waals surface area (Å²) in [5.74, 6) is 0.195. The zero-order valence-electron chi connectivity index (χ0n) is 17.9. The fourth-order valence-corrected chi connectivity index (χ4v) is 4.87. The van der Waals surface area contributed by atoms with Gasteiger partial charge in [0, 0.05) is 55.6 Å². The molecule has 2 saturated heterocycles. The quantitative estimate of drug-likeness (QED) is 0.583. The summed E-state index contributed by atoms with van der Waals surface area (Å²) in [7, 11) is 0. The number of hydrogen-bond donors (Lipinski definition) is 3. The van der Waals surface area contributed by atoms with Crippen LogP contribution >= 0.6 is 11.6 Å². The number of carbonyl (C=O) groups excluding carboxylic acids is 1. The van der Waals surface area contributed by atoms with Gasteiger partial charge in [0.2, 0.25) is 5.91 Å². The fourth-order valence-electron chi connectivity index (χ4n) is 4.59. The summed E-state index contributed by atoms with van der Waals surface area (Å²) in [4.78, 5) is 23.1. The minimum Gasteiger partial charge on any atom is -0.404 e. The smallest absolute Gasteiger partial charge is 0.226 e. The van der Waals surface area contributed by atoms with E-state index in [4.69, 9.17) is 22.4 Å². The lowest BCUT2D eigenvalue weighted by Crippen LogP contribution is -2.44. The number of piperidine rings is 1. The highest BCUT2D eigenvalue weighted by molar-refractivity contribution is 6.33. The van der Waals surface area contributed by atoms with Gasteiger partial charge in [0.1, 0.15) is 0 Å². The van der Waals surface area contributed by atoms with Crippen LogP contribution in [0.1, 0.15) is 24.8 Å². The molecule has 2 aliphatic rings. The van der Waals surface area contributed by atoms with E-state index in [1.165, 1.54) is 6.20 Å². The molecule has 0 saturated carbocycles. The van der Waals surface area contributed by atoms with E-state index in [0.29, 0.717) is 11.6 Å². The maximum Gasteiger partial charge on any atom is 0.226 e. The highest BCUT2D eigenvalue weighted by Crippen LogP contribution is 2.43. The van der Waals surface area contributed by atoms with Crippen LogP contribution < -0.4 is 16.0 Å². The molecular weight excluding hydrogens is 426 g/mol. The Labute approximate surface area is 193 Å². The zero-order valence-corrected chi connectivity index (χ0v) is 18.7. The molecule has 0 atom stereocenters. The SMILES string of the molecule is NC=C(C=NCCO)c1ccc(-c2cncc(Cl)c2N2CCC3(CCNC3=O)CC2)cc1. The van der Waals surface area contributed by atoms with Crippen LogP contribution in [0.25, 0.3) is 16.7 Å². The molecule has 168 valence electrons. The average Bonchev–Trinajstić information content (AvgIpc) is 3.17. The first-order valence-corrected chi connectivity index (χ1v) is 11.3. The number of hydrogen-bond acceptors (Lipinski definition) is 6. The predicted molar refractivity (Wildman–Crippen MR) is 129 cm³/mol. The molecular formula is C24H28ClN5O2. The molecule has 0 radical (unpaired) electrons. The third kappa shape index (κ3) is 4.36. The number of amides is 1. The van der Waals surface area contributed by atoms with Crippen molar-refractivity contribution in [1.82, 2.24) is 10.3 Å². The number of pyridine rings is 1. The molecule has 1 aromatic heterocycles. The Morgan fingerprint density at radius 2 is 2.00 bits per heavy atom. The van der Waals surface area contributed by atoms with Crippen LogP contribution in [0, 0.1) is 5.41 Å². The zero-order chi connectivity index (χ0) is 22.6. The number of benzene rings is 1. The monoisotopic (exact) mass is 453 g/mol. The van der Waals surface area contributed by atoms with Gasteiger partial charge in [-0.2, -0.15) is 0 Å². The molecule has 4 N–H and O–H groups in total. The van der Waals surface area contributed by atoms with E-state index in [0.717, 1.165) is 66.8 Å². The van der Waals surface area contributed by atoms with Crippen LogP contribution in [0.4, 0.5) is 5.69 Å². The second-order valence-electron chi connectivity index (χ2n) is 8.25. The minimum atomic E-state index is -0.222. The first kappa shape index (κ1) is 22.3. The van der Waals surface area contributed by atoms with Gasteiger partial charge in [-0.25, -0.2) is 0 Å². The van der Waals surface area contributed by atoms with Crippen molar-refractivity contribution in [2.45, 2.75) is 19.3 Å². The largest absolute Gasteiger partial charge is 0.404 e. The summed E-state index contributed by atoms with van der Waals surface area (Å²) in [5.41, 5.74) is 10.2. The van der Waals surface area contributed by atoms with E-state index >= 15 is 0 Å². The molecule has 1 amide bonds. The number of aliphatic hydroxyl groups excluding tert-OH is 1. The van der Waals surface area contributed by atoms with Gasteiger partial charge in [-0.1, -0.05) is 35.9 Å². The van der Waals surface area contributed by atoms with E-state index in [2.05, 4.69) is 20.2 Å². The molecule has 7 nitrogen and oxygen atoms in total. The van der Waals surface area contributed by atoms with E-state index < -0.39 is 0 Å². The molecule has 1 aromatic carbocycles. The fraction of sp³-hybridized carbons (Fsp3) is 0.375. The summed E-state index contributed by atoms with van der Waals surface area (Å²) in [6.07, 6.45) is 9.25. The Morgan fingerprint density at radius 3 is 2.62 bits per heavy atom. The molecule has 8 heteroatoms. The number of nitrogens with zero attached hydrogens (tertiary/aromatic N) is 3. The molecule has 1 spiro atoms. The number of allylic oxidation sites excluding steroid dienone is 1. The van der Waals surface area contributed by atoms with Crippen molar-refractivity contribution in [2.24, 2.45) is 16.1 Å². The van der Waals surface area contributed by atoms with Crippen LogP contribution in [0.15, 0.2) is 47.9 Å². The Hall–Kier alpha value is -2.90. The lowest BCUT2D eigenvalue weighted by molar-refractivity contribution is -0.128. The number of aliphatic hydroxyl groups is 1. The van der Waals surface area contributed by atoms with Gasteiger partial charge < -0.3 is 21.1 Å². The van der Waals surface area contributed by atoms with Crippen LogP contribution in [-0.4, -0.2) is 55.0 Å². The average molecular weight is 454 g/mol. The van der Waals surface area contributed by atoms with Gasteiger partial charge in [0.15, 0.2) is 0 Å². The lowest BCUT2D eigenvalue weighted by atomic mass is 9.77. The van der Waals surface area contributed by atoms with Gasteiger partial charge in [0.05, 0.1) is 29.3 Å². The summed E-state index contributed by atoms with van der Waals surface area (Å²) in [6, 6.07) is 8.01.